The molecule has 2 amide bonds. The van der Waals surface area contributed by atoms with E-state index in [-0.39, 0.29) is 11.8 Å². The third kappa shape index (κ3) is 5.07. The van der Waals surface area contributed by atoms with Crippen molar-refractivity contribution in [3.05, 3.63) is 76.0 Å². The molecule has 2 aromatic carbocycles. The van der Waals surface area contributed by atoms with E-state index in [0.717, 1.165) is 15.8 Å². The molecule has 0 aliphatic rings. The summed E-state index contributed by atoms with van der Waals surface area (Å²) in [4.78, 5) is 26.8. The van der Waals surface area contributed by atoms with Crippen LogP contribution in [-0.2, 0) is 13.2 Å². The number of ether oxygens (including phenoxy) is 1. The summed E-state index contributed by atoms with van der Waals surface area (Å²) in [5.41, 5.74) is 2.07. The highest BCUT2D eigenvalue weighted by atomic mass is 79.9. The maximum absolute atomic E-state index is 12.8. The maximum Gasteiger partial charge on any atom is 0.273 e. The molecule has 0 spiro atoms. The zero-order valence-electron chi connectivity index (χ0n) is 17.1. The number of aromatic nitrogens is 2. The predicted octanol–water partition coefficient (Wildman–Crippen LogP) is 4.20. The molecule has 8 heteroatoms. The quantitative estimate of drug-likeness (QED) is 0.561. The van der Waals surface area contributed by atoms with E-state index >= 15 is 0 Å². The predicted molar refractivity (Wildman–Crippen MR) is 119 cm³/mol. The van der Waals surface area contributed by atoms with E-state index in [4.69, 9.17) is 4.74 Å². The Morgan fingerprint density at radius 2 is 1.90 bits per heavy atom. The van der Waals surface area contributed by atoms with Crippen LogP contribution in [0, 0.1) is 0 Å². The molecule has 0 aliphatic carbocycles. The van der Waals surface area contributed by atoms with Crippen LogP contribution in [0.3, 0.4) is 0 Å². The van der Waals surface area contributed by atoms with E-state index in [1.54, 1.807) is 37.0 Å². The smallest absolute Gasteiger partial charge is 0.273 e. The lowest BCUT2D eigenvalue weighted by atomic mass is 10.1. The SMILES string of the molecule is CCn1ncc(NC(=O)c2cccc(COc3ccc(Br)cc3)c2)c1C(=O)N(C)C. The second-order valence-corrected chi connectivity index (χ2v) is 7.73. The number of halogens is 1. The molecule has 0 bridgehead atoms. The Kier molecular flexibility index (Phi) is 6.89. The summed E-state index contributed by atoms with van der Waals surface area (Å²) in [5.74, 6) is 0.206. The van der Waals surface area contributed by atoms with Crippen LogP contribution in [0.1, 0.15) is 33.3 Å². The van der Waals surface area contributed by atoms with Gasteiger partial charge >= 0.3 is 0 Å². The number of nitrogens with zero attached hydrogens (tertiary/aromatic N) is 3. The molecule has 3 aromatic rings. The van der Waals surface area contributed by atoms with Crippen LogP contribution in [0.2, 0.25) is 0 Å². The Balaban J connectivity index is 1.73. The highest BCUT2D eigenvalue weighted by Gasteiger charge is 2.21. The van der Waals surface area contributed by atoms with Crippen molar-refractivity contribution in [2.45, 2.75) is 20.1 Å². The number of carbonyl (C=O) groups is 2. The largest absolute Gasteiger partial charge is 0.489 e. The zero-order valence-corrected chi connectivity index (χ0v) is 18.6. The van der Waals surface area contributed by atoms with Crippen LogP contribution >= 0.6 is 15.9 Å². The molecule has 1 aromatic heterocycles. The maximum atomic E-state index is 12.8. The summed E-state index contributed by atoms with van der Waals surface area (Å²) in [6.07, 6.45) is 1.50. The van der Waals surface area contributed by atoms with E-state index < -0.39 is 0 Å². The number of aryl methyl sites for hydroxylation is 1. The molecule has 0 fully saturated rings. The Hall–Kier alpha value is -3.13. The van der Waals surface area contributed by atoms with Crippen LogP contribution in [0.25, 0.3) is 0 Å². The average Bonchev–Trinajstić information content (AvgIpc) is 3.15. The summed E-state index contributed by atoms with van der Waals surface area (Å²) < 4.78 is 8.33. The van der Waals surface area contributed by atoms with Gasteiger partial charge in [-0.05, 0) is 48.9 Å². The Bertz CT molecular complexity index is 1040. The summed E-state index contributed by atoms with van der Waals surface area (Å²) >= 11 is 3.39. The third-order valence-electron chi connectivity index (χ3n) is 4.40. The highest BCUT2D eigenvalue weighted by molar-refractivity contribution is 9.10. The fourth-order valence-electron chi connectivity index (χ4n) is 2.85. The van der Waals surface area contributed by atoms with Gasteiger partial charge in [0.25, 0.3) is 11.8 Å². The van der Waals surface area contributed by atoms with Crippen molar-refractivity contribution < 1.29 is 14.3 Å². The van der Waals surface area contributed by atoms with Gasteiger partial charge < -0.3 is 15.0 Å². The molecule has 1 heterocycles. The van der Waals surface area contributed by atoms with Crippen LogP contribution < -0.4 is 10.1 Å². The van der Waals surface area contributed by atoms with Gasteiger partial charge in [0.15, 0.2) is 0 Å². The number of hydrogen-bond acceptors (Lipinski definition) is 4. The Morgan fingerprint density at radius 1 is 1.17 bits per heavy atom. The lowest BCUT2D eigenvalue weighted by Crippen LogP contribution is -2.26. The number of rotatable bonds is 7. The van der Waals surface area contributed by atoms with Gasteiger partial charge in [-0.1, -0.05) is 28.1 Å². The lowest BCUT2D eigenvalue weighted by molar-refractivity contribution is 0.0816. The van der Waals surface area contributed by atoms with Crippen molar-refractivity contribution in [1.82, 2.24) is 14.7 Å². The Morgan fingerprint density at radius 3 is 2.57 bits per heavy atom. The fourth-order valence-corrected chi connectivity index (χ4v) is 3.11. The molecule has 0 aliphatic heterocycles. The molecule has 156 valence electrons. The van der Waals surface area contributed by atoms with Crippen molar-refractivity contribution in [2.24, 2.45) is 0 Å². The highest BCUT2D eigenvalue weighted by Crippen LogP contribution is 2.20. The van der Waals surface area contributed by atoms with Gasteiger partial charge in [0.1, 0.15) is 18.1 Å². The van der Waals surface area contributed by atoms with Crippen LogP contribution in [-0.4, -0.2) is 40.6 Å². The molecule has 0 atom stereocenters. The summed E-state index contributed by atoms with van der Waals surface area (Å²) in [7, 11) is 3.33. The van der Waals surface area contributed by atoms with Gasteiger partial charge in [-0.25, -0.2) is 0 Å². The minimum Gasteiger partial charge on any atom is -0.489 e. The van der Waals surface area contributed by atoms with E-state index in [1.807, 2.05) is 37.3 Å². The van der Waals surface area contributed by atoms with Gasteiger partial charge in [0.2, 0.25) is 0 Å². The standard InChI is InChI=1S/C22H23BrN4O3/c1-4-27-20(22(29)26(2)3)19(13-24-27)25-21(28)16-7-5-6-15(12-16)14-30-18-10-8-17(23)9-11-18/h5-13H,4,14H2,1-3H3,(H,25,28). The molecule has 3 rings (SSSR count). The molecule has 30 heavy (non-hydrogen) atoms. The number of hydrogen-bond donors (Lipinski definition) is 1. The molecule has 0 saturated heterocycles. The third-order valence-corrected chi connectivity index (χ3v) is 4.93. The van der Waals surface area contributed by atoms with Gasteiger partial charge in [-0.2, -0.15) is 5.10 Å². The van der Waals surface area contributed by atoms with Crippen LogP contribution in [0.4, 0.5) is 5.69 Å². The zero-order chi connectivity index (χ0) is 21.7. The first kappa shape index (κ1) is 21.6. The molecule has 0 radical (unpaired) electrons. The summed E-state index contributed by atoms with van der Waals surface area (Å²) in [5, 5.41) is 7.01. The minimum atomic E-state index is -0.316. The van der Waals surface area contributed by atoms with Crippen molar-refractivity contribution >= 4 is 33.4 Å². The minimum absolute atomic E-state index is 0.221. The van der Waals surface area contributed by atoms with Gasteiger partial charge in [-0.3, -0.25) is 14.3 Å². The van der Waals surface area contributed by atoms with E-state index in [2.05, 4.69) is 26.3 Å². The van der Waals surface area contributed by atoms with Crippen LogP contribution in [0.15, 0.2) is 59.2 Å². The molecule has 7 nitrogen and oxygen atoms in total. The van der Waals surface area contributed by atoms with E-state index in [9.17, 15) is 9.59 Å². The lowest BCUT2D eigenvalue weighted by Gasteiger charge is -2.14. The molecule has 0 saturated carbocycles. The number of nitrogens with one attached hydrogen (secondary N) is 1. The van der Waals surface area contributed by atoms with Crippen molar-refractivity contribution in [1.29, 1.82) is 0 Å². The first-order chi connectivity index (χ1) is 14.4. The number of benzene rings is 2. The van der Waals surface area contributed by atoms with Gasteiger partial charge in [0, 0.05) is 30.7 Å². The molecule has 1 N–H and O–H groups in total. The molecule has 0 unspecified atom stereocenters. The molecular formula is C22H23BrN4O3. The fraction of sp³-hybridized carbons (Fsp3) is 0.227. The second kappa shape index (κ2) is 9.58. The number of amides is 2. The Labute approximate surface area is 183 Å². The van der Waals surface area contributed by atoms with Crippen molar-refractivity contribution in [3.63, 3.8) is 0 Å². The number of anilines is 1. The first-order valence-corrected chi connectivity index (χ1v) is 10.2. The summed E-state index contributed by atoms with van der Waals surface area (Å²) in [6, 6.07) is 14.7. The summed E-state index contributed by atoms with van der Waals surface area (Å²) in [6.45, 7) is 2.74. The second-order valence-electron chi connectivity index (χ2n) is 6.82. The molecular weight excluding hydrogens is 448 g/mol. The normalized spacial score (nSPS) is 10.5. The van der Waals surface area contributed by atoms with Crippen molar-refractivity contribution in [2.75, 3.05) is 19.4 Å². The monoisotopic (exact) mass is 470 g/mol. The number of carbonyl (C=O) groups excluding carboxylic acids is 2. The van der Waals surface area contributed by atoms with E-state index in [0.29, 0.717) is 30.1 Å². The first-order valence-electron chi connectivity index (χ1n) is 9.45. The van der Waals surface area contributed by atoms with Gasteiger partial charge in [-0.15, -0.1) is 0 Å². The average molecular weight is 471 g/mol. The van der Waals surface area contributed by atoms with E-state index in [1.165, 1.54) is 11.1 Å². The van der Waals surface area contributed by atoms with Crippen LogP contribution in [0.5, 0.6) is 5.75 Å². The van der Waals surface area contributed by atoms with Gasteiger partial charge in [0.05, 0.1) is 11.9 Å². The van der Waals surface area contributed by atoms with Crippen molar-refractivity contribution in [3.8, 4) is 5.75 Å². The topological polar surface area (TPSA) is 76.5 Å².